The number of aryl methyl sites for hydroxylation is 2. The second kappa shape index (κ2) is 7.84. The minimum Gasteiger partial charge on any atom is -0.325 e. The van der Waals surface area contributed by atoms with Crippen molar-refractivity contribution in [3.05, 3.63) is 62.7 Å². The third kappa shape index (κ3) is 5.04. The van der Waals surface area contributed by atoms with E-state index in [1.165, 1.54) is 9.13 Å². The summed E-state index contributed by atoms with van der Waals surface area (Å²) in [4.78, 5) is 12.1. The molecule has 110 valence electrons. The minimum absolute atomic E-state index is 0.0586. The number of anilines is 1. The van der Waals surface area contributed by atoms with E-state index in [0.29, 0.717) is 5.75 Å². The summed E-state index contributed by atoms with van der Waals surface area (Å²) in [7, 11) is 0. The average Bonchev–Trinajstić information content (AvgIpc) is 2.44. The normalized spacial score (nSPS) is 10.4. The van der Waals surface area contributed by atoms with Crippen LogP contribution in [0, 0.1) is 17.4 Å². The highest BCUT2D eigenvalue weighted by Gasteiger charge is 2.08. The predicted molar refractivity (Wildman–Crippen MR) is 99.9 cm³/mol. The first-order valence-electron chi connectivity index (χ1n) is 6.74. The van der Waals surface area contributed by atoms with Crippen molar-refractivity contribution in [3.63, 3.8) is 0 Å². The van der Waals surface area contributed by atoms with E-state index in [1.54, 1.807) is 11.8 Å². The van der Waals surface area contributed by atoms with Crippen LogP contribution in [0.5, 0.6) is 0 Å². The summed E-state index contributed by atoms with van der Waals surface area (Å²) in [6.07, 6.45) is 0. The SMILES string of the molecule is Cc1cc(I)cc(C)c1NC(=O)CSCc1ccccc1. The molecule has 1 N–H and O–H groups in total. The largest absolute Gasteiger partial charge is 0.325 e. The van der Waals surface area contributed by atoms with Gasteiger partial charge >= 0.3 is 0 Å². The smallest absolute Gasteiger partial charge is 0.234 e. The van der Waals surface area contributed by atoms with Crippen LogP contribution in [0.15, 0.2) is 42.5 Å². The lowest BCUT2D eigenvalue weighted by Crippen LogP contribution is -2.16. The van der Waals surface area contributed by atoms with Crippen molar-refractivity contribution in [2.45, 2.75) is 19.6 Å². The van der Waals surface area contributed by atoms with Gasteiger partial charge in [-0.05, 0) is 65.3 Å². The van der Waals surface area contributed by atoms with E-state index in [2.05, 4.69) is 52.2 Å². The van der Waals surface area contributed by atoms with Gasteiger partial charge in [-0.15, -0.1) is 11.8 Å². The molecule has 0 bridgehead atoms. The molecule has 0 radical (unpaired) electrons. The van der Waals surface area contributed by atoms with Gasteiger partial charge in [-0.25, -0.2) is 0 Å². The summed E-state index contributed by atoms with van der Waals surface area (Å²) < 4.78 is 1.19. The van der Waals surface area contributed by atoms with Crippen LogP contribution in [-0.4, -0.2) is 11.7 Å². The Morgan fingerprint density at radius 1 is 1.14 bits per heavy atom. The number of thioether (sulfide) groups is 1. The average molecular weight is 411 g/mol. The summed E-state index contributed by atoms with van der Waals surface area (Å²) >= 11 is 3.93. The highest BCUT2D eigenvalue weighted by atomic mass is 127. The van der Waals surface area contributed by atoms with E-state index in [-0.39, 0.29) is 5.91 Å². The van der Waals surface area contributed by atoms with Gasteiger partial charge in [0.15, 0.2) is 0 Å². The number of nitrogens with one attached hydrogen (secondary N) is 1. The van der Waals surface area contributed by atoms with Gasteiger partial charge in [0.2, 0.25) is 5.91 Å². The number of carbonyl (C=O) groups is 1. The first kappa shape index (κ1) is 16.4. The van der Waals surface area contributed by atoms with Crippen LogP contribution in [0.4, 0.5) is 5.69 Å². The zero-order valence-corrected chi connectivity index (χ0v) is 15.1. The van der Waals surface area contributed by atoms with Crippen LogP contribution < -0.4 is 5.32 Å². The van der Waals surface area contributed by atoms with E-state index in [9.17, 15) is 4.79 Å². The molecule has 0 aliphatic heterocycles. The molecule has 0 saturated heterocycles. The van der Waals surface area contributed by atoms with Gasteiger partial charge in [-0.1, -0.05) is 30.3 Å². The second-order valence-corrected chi connectivity index (χ2v) is 7.17. The summed E-state index contributed by atoms with van der Waals surface area (Å²) in [5, 5.41) is 3.03. The van der Waals surface area contributed by atoms with Crippen molar-refractivity contribution >= 4 is 45.9 Å². The van der Waals surface area contributed by atoms with Crippen molar-refractivity contribution in [3.8, 4) is 0 Å². The molecule has 2 nitrogen and oxygen atoms in total. The Bertz CT molecular complexity index is 605. The predicted octanol–water partition coefficient (Wildman–Crippen LogP) is 4.78. The fourth-order valence-corrected chi connectivity index (χ4v) is 3.84. The monoisotopic (exact) mass is 411 g/mol. The molecule has 0 aliphatic carbocycles. The maximum atomic E-state index is 12.1. The summed E-state index contributed by atoms with van der Waals surface area (Å²) in [5.41, 5.74) is 4.42. The maximum Gasteiger partial charge on any atom is 0.234 e. The molecule has 0 aliphatic rings. The number of rotatable bonds is 5. The van der Waals surface area contributed by atoms with Gasteiger partial charge in [0.05, 0.1) is 5.75 Å². The van der Waals surface area contributed by atoms with Gasteiger partial charge in [0.25, 0.3) is 0 Å². The molecule has 0 saturated carbocycles. The van der Waals surface area contributed by atoms with Crippen molar-refractivity contribution in [2.75, 3.05) is 11.1 Å². The van der Waals surface area contributed by atoms with Crippen LogP contribution >= 0.6 is 34.4 Å². The Hall–Kier alpha value is -1.01. The Kier molecular flexibility index (Phi) is 6.11. The molecule has 0 unspecified atom stereocenters. The van der Waals surface area contributed by atoms with Crippen LogP contribution in [0.2, 0.25) is 0 Å². The lowest BCUT2D eigenvalue weighted by molar-refractivity contribution is -0.113. The lowest BCUT2D eigenvalue weighted by Gasteiger charge is -2.12. The number of hydrogen-bond donors (Lipinski definition) is 1. The van der Waals surface area contributed by atoms with Gasteiger partial charge in [0.1, 0.15) is 0 Å². The molecule has 0 spiro atoms. The Labute approximate surface area is 143 Å². The fraction of sp³-hybridized carbons (Fsp3) is 0.235. The topological polar surface area (TPSA) is 29.1 Å². The van der Waals surface area contributed by atoms with E-state index in [1.807, 2.05) is 32.0 Å². The molecular weight excluding hydrogens is 393 g/mol. The first-order valence-corrected chi connectivity index (χ1v) is 8.98. The summed E-state index contributed by atoms with van der Waals surface area (Å²) in [6, 6.07) is 14.4. The number of amides is 1. The van der Waals surface area contributed by atoms with Crippen molar-refractivity contribution < 1.29 is 4.79 Å². The summed E-state index contributed by atoms with van der Waals surface area (Å²) in [5.74, 6) is 1.39. The molecule has 0 atom stereocenters. The molecular formula is C17H18INOS. The van der Waals surface area contributed by atoms with E-state index < -0.39 is 0 Å². The molecule has 0 aromatic heterocycles. The third-order valence-corrected chi connectivity index (χ3v) is 4.73. The molecule has 21 heavy (non-hydrogen) atoms. The van der Waals surface area contributed by atoms with E-state index in [0.717, 1.165) is 22.6 Å². The third-order valence-electron chi connectivity index (χ3n) is 3.11. The molecule has 2 rings (SSSR count). The van der Waals surface area contributed by atoms with Gasteiger partial charge in [-0.3, -0.25) is 4.79 Å². The molecule has 4 heteroatoms. The zero-order chi connectivity index (χ0) is 15.2. The van der Waals surface area contributed by atoms with Gasteiger partial charge in [0, 0.05) is 15.0 Å². The maximum absolute atomic E-state index is 12.1. The molecule has 1 amide bonds. The van der Waals surface area contributed by atoms with Crippen LogP contribution in [0.3, 0.4) is 0 Å². The van der Waals surface area contributed by atoms with E-state index >= 15 is 0 Å². The Balaban J connectivity index is 1.88. The quantitative estimate of drug-likeness (QED) is 0.718. The fourth-order valence-electron chi connectivity index (χ4n) is 2.12. The summed E-state index contributed by atoms with van der Waals surface area (Å²) in [6.45, 7) is 4.06. The number of carbonyl (C=O) groups excluding carboxylic acids is 1. The Morgan fingerprint density at radius 2 is 1.76 bits per heavy atom. The lowest BCUT2D eigenvalue weighted by atomic mass is 10.1. The number of halogens is 1. The molecule has 0 fully saturated rings. The van der Waals surface area contributed by atoms with Crippen molar-refractivity contribution in [2.24, 2.45) is 0 Å². The zero-order valence-electron chi connectivity index (χ0n) is 12.2. The number of benzene rings is 2. The highest BCUT2D eigenvalue weighted by Crippen LogP contribution is 2.23. The van der Waals surface area contributed by atoms with Crippen molar-refractivity contribution in [1.29, 1.82) is 0 Å². The molecule has 0 heterocycles. The molecule has 2 aromatic carbocycles. The highest BCUT2D eigenvalue weighted by molar-refractivity contribution is 14.1. The van der Waals surface area contributed by atoms with Crippen molar-refractivity contribution in [1.82, 2.24) is 0 Å². The second-order valence-electron chi connectivity index (χ2n) is 4.94. The van der Waals surface area contributed by atoms with Crippen LogP contribution in [0.25, 0.3) is 0 Å². The number of hydrogen-bond acceptors (Lipinski definition) is 2. The first-order chi connectivity index (χ1) is 10.1. The Morgan fingerprint density at radius 3 is 2.38 bits per heavy atom. The van der Waals surface area contributed by atoms with Gasteiger partial charge < -0.3 is 5.32 Å². The van der Waals surface area contributed by atoms with Crippen LogP contribution in [-0.2, 0) is 10.5 Å². The standard InChI is InChI=1S/C17H18INOS/c1-12-8-15(18)9-13(2)17(12)19-16(20)11-21-10-14-6-4-3-5-7-14/h3-9H,10-11H2,1-2H3,(H,19,20). The van der Waals surface area contributed by atoms with Gasteiger partial charge in [-0.2, -0.15) is 0 Å². The van der Waals surface area contributed by atoms with E-state index in [4.69, 9.17) is 0 Å². The van der Waals surface area contributed by atoms with Crippen LogP contribution in [0.1, 0.15) is 16.7 Å². The molecule has 2 aromatic rings. The minimum atomic E-state index is 0.0586.